The monoisotopic (exact) mass is 274 g/mol. The van der Waals surface area contributed by atoms with Gasteiger partial charge in [0.15, 0.2) is 0 Å². The molecule has 0 unspecified atom stereocenters. The van der Waals surface area contributed by atoms with Gasteiger partial charge < -0.3 is 9.84 Å². The fourth-order valence-corrected chi connectivity index (χ4v) is 2.37. The van der Waals surface area contributed by atoms with Crippen molar-refractivity contribution >= 4 is 0 Å². The molecule has 2 aromatic rings. The third-order valence-electron chi connectivity index (χ3n) is 3.41. The van der Waals surface area contributed by atoms with Gasteiger partial charge in [0.2, 0.25) is 5.88 Å². The molecule has 104 valence electrons. The first-order valence-corrected chi connectivity index (χ1v) is 6.67. The minimum Gasteiger partial charge on any atom is -0.507 e. The summed E-state index contributed by atoms with van der Waals surface area (Å²) in [6, 6.07) is 4.44. The molecule has 0 fully saturated rings. The zero-order valence-electron chi connectivity index (χ0n) is 11.0. The minimum absolute atomic E-state index is 0.200. The molecule has 2 aromatic heterocycles. The summed E-state index contributed by atoms with van der Waals surface area (Å²) in [7, 11) is 0. The van der Waals surface area contributed by atoms with Crippen LogP contribution >= 0.6 is 0 Å². The Balaban J connectivity index is 1.74. The van der Waals surface area contributed by atoms with Crippen LogP contribution in [0.3, 0.4) is 0 Å². The Kier molecular flexibility index (Phi) is 3.50. The zero-order chi connectivity index (χ0) is 13.9. The summed E-state index contributed by atoms with van der Waals surface area (Å²) in [6.07, 6.45) is 5.06. The number of ether oxygens (including phenoxy) is 1. The Morgan fingerprint density at radius 2 is 2.10 bits per heavy atom. The fourth-order valence-electron chi connectivity index (χ4n) is 2.37. The average molecular weight is 274 g/mol. The summed E-state index contributed by atoms with van der Waals surface area (Å²) in [6.45, 7) is 0.200. The van der Waals surface area contributed by atoms with Crippen LogP contribution in [0, 0.1) is 5.82 Å². The predicted octanol–water partition coefficient (Wildman–Crippen LogP) is 2.78. The lowest BCUT2D eigenvalue weighted by molar-refractivity contribution is 0.285. The second kappa shape index (κ2) is 5.45. The van der Waals surface area contributed by atoms with Gasteiger partial charge in [-0.3, -0.25) is 4.98 Å². The van der Waals surface area contributed by atoms with Crippen LogP contribution in [0.2, 0.25) is 0 Å². The maximum absolute atomic E-state index is 12.7. The highest BCUT2D eigenvalue weighted by molar-refractivity contribution is 5.40. The lowest BCUT2D eigenvalue weighted by Crippen LogP contribution is -2.07. The molecule has 0 atom stereocenters. The van der Waals surface area contributed by atoms with E-state index < -0.39 is 0 Å². The number of hydrogen-bond acceptors (Lipinski definition) is 4. The van der Waals surface area contributed by atoms with Crippen molar-refractivity contribution < 1.29 is 14.2 Å². The molecule has 1 aliphatic carbocycles. The maximum Gasteiger partial charge on any atom is 0.217 e. The first-order valence-electron chi connectivity index (χ1n) is 6.67. The minimum atomic E-state index is -0.377. The van der Waals surface area contributed by atoms with Crippen LogP contribution in [0.5, 0.6) is 11.6 Å². The van der Waals surface area contributed by atoms with Gasteiger partial charge in [0.05, 0.1) is 17.6 Å². The number of nitrogens with zero attached hydrogens (tertiary/aromatic N) is 2. The Bertz CT molecular complexity index is 614. The molecule has 0 aromatic carbocycles. The summed E-state index contributed by atoms with van der Waals surface area (Å²) in [5.41, 5.74) is 2.47. The Hall–Kier alpha value is -2.17. The summed E-state index contributed by atoms with van der Waals surface area (Å²) >= 11 is 0. The van der Waals surface area contributed by atoms with E-state index in [-0.39, 0.29) is 18.2 Å². The lowest BCUT2D eigenvalue weighted by Gasteiger charge is -2.17. The lowest BCUT2D eigenvalue weighted by atomic mass is 9.95. The first kappa shape index (κ1) is 12.8. The summed E-state index contributed by atoms with van der Waals surface area (Å²) in [5.74, 6) is 0.254. The molecule has 0 bridgehead atoms. The summed E-state index contributed by atoms with van der Waals surface area (Å²) in [5, 5.41) is 9.99. The number of pyridine rings is 2. The van der Waals surface area contributed by atoms with Gasteiger partial charge in [0, 0.05) is 11.6 Å². The number of fused-ring (bicyclic) bond motifs is 1. The van der Waals surface area contributed by atoms with E-state index in [1.165, 1.54) is 12.1 Å². The van der Waals surface area contributed by atoms with Crippen LogP contribution in [0.25, 0.3) is 0 Å². The van der Waals surface area contributed by atoms with E-state index in [9.17, 15) is 9.50 Å². The number of aromatic nitrogens is 2. The van der Waals surface area contributed by atoms with Crippen molar-refractivity contribution in [2.24, 2.45) is 0 Å². The van der Waals surface area contributed by atoms with Crippen molar-refractivity contribution in [1.82, 2.24) is 9.97 Å². The molecule has 20 heavy (non-hydrogen) atoms. The Labute approximate surface area is 116 Å². The topological polar surface area (TPSA) is 55.2 Å². The first-order chi connectivity index (χ1) is 9.72. The van der Waals surface area contributed by atoms with Crippen LogP contribution in [0.15, 0.2) is 24.4 Å². The van der Waals surface area contributed by atoms with Crippen LogP contribution in [-0.4, -0.2) is 15.1 Å². The molecule has 4 nitrogen and oxygen atoms in total. The van der Waals surface area contributed by atoms with Crippen molar-refractivity contribution in [2.45, 2.75) is 32.3 Å². The third-order valence-corrected chi connectivity index (χ3v) is 3.41. The van der Waals surface area contributed by atoms with Gasteiger partial charge in [0.25, 0.3) is 0 Å². The molecule has 2 heterocycles. The normalized spacial score (nSPS) is 13.8. The highest BCUT2D eigenvalue weighted by atomic mass is 19.1. The van der Waals surface area contributed by atoms with Gasteiger partial charge in [-0.2, -0.15) is 0 Å². The summed E-state index contributed by atoms with van der Waals surface area (Å²) in [4.78, 5) is 8.34. The number of hydrogen-bond donors (Lipinski definition) is 1. The number of aryl methyl sites for hydroxylation is 1. The molecule has 0 amide bonds. The van der Waals surface area contributed by atoms with Gasteiger partial charge in [-0.25, -0.2) is 9.37 Å². The van der Waals surface area contributed by atoms with E-state index in [1.54, 1.807) is 6.07 Å². The second-order valence-electron chi connectivity index (χ2n) is 4.87. The highest BCUT2D eigenvalue weighted by Crippen LogP contribution is 2.30. The highest BCUT2D eigenvalue weighted by Gasteiger charge is 2.16. The van der Waals surface area contributed by atoms with E-state index in [2.05, 4.69) is 9.97 Å². The van der Waals surface area contributed by atoms with Gasteiger partial charge in [0.1, 0.15) is 18.2 Å². The molecule has 3 rings (SSSR count). The van der Waals surface area contributed by atoms with E-state index in [1.807, 2.05) is 0 Å². The maximum atomic E-state index is 12.7. The number of halogens is 1. The van der Waals surface area contributed by atoms with E-state index in [0.29, 0.717) is 11.6 Å². The van der Waals surface area contributed by atoms with Crippen molar-refractivity contribution in [3.05, 3.63) is 47.2 Å². The predicted molar refractivity (Wildman–Crippen MR) is 71.1 cm³/mol. The standard InChI is InChI=1S/C15H15FN2O2/c16-10-5-6-11(17-8-10)9-20-15-7-14(19)12-3-1-2-4-13(12)18-15/h5-8H,1-4,9H2,(H,18,19). The van der Waals surface area contributed by atoms with Gasteiger partial charge in [-0.1, -0.05) is 0 Å². The Morgan fingerprint density at radius 1 is 1.25 bits per heavy atom. The van der Waals surface area contributed by atoms with Crippen molar-refractivity contribution in [3.63, 3.8) is 0 Å². The smallest absolute Gasteiger partial charge is 0.217 e. The number of rotatable bonds is 3. The summed E-state index contributed by atoms with van der Waals surface area (Å²) < 4.78 is 18.3. The van der Waals surface area contributed by atoms with E-state index >= 15 is 0 Å². The molecule has 5 heteroatoms. The van der Waals surface area contributed by atoms with Crippen LogP contribution in [-0.2, 0) is 19.4 Å². The second-order valence-corrected chi connectivity index (χ2v) is 4.87. The molecule has 1 aliphatic rings. The average Bonchev–Trinajstić information content (AvgIpc) is 2.47. The van der Waals surface area contributed by atoms with Crippen LogP contribution in [0.1, 0.15) is 29.8 Å². The zero-order valence-corrected chi connectivity index (χ0v) is 11.0. The molecule has 0 saturated carbocycles. The Morgan fingerprint density at radius 3 is 2.90 bits per heavy atom. The van der Waals surface area contributed by atoms with E-state index in [0.717, 1.165) is 43.1 Å². The molecular formula is C15H15FN2O2. The molecule has 1 N–H and O–H groups in total. The van der Waals surface area contributed by atoms with Crippen molar-refractivity contribution in [1.29, 1.82) is 0 Å². The molecule has 0 spiro atoms. The van der Waals surface area contributed by atoms with Crippen molar-refractivity contribution in [2.75, 3.05) is 0 Å². The van der Waals surface area contributed by atoms with Gasteiger partial charge in [-0.15, -0.1) is 0 Å². The van der Waals surface area contributed by atoms with Crippen molar-refractivity contribution in [3.8, 4) is 11.6 Å². The molecule has 0 saturated heterocycles. The van der Waals surface area contributed by atoms with Gasteiger partial charge >= 0.3 is 0 Å². The molecule has 0 radical (unpaired) electrons. The number of aromatic hydroxyl groups is 1. The van der Waals surface area contributed by atoms with Gasteiger partial charge in [-0.05, 0) is 37.8 Å². The third kappa shape index (κ3) is 2.71. The quantitative estimate of drug-likeness (QED) is 0.935. The fraction of sp³-hybridized carbons (Fsp3) is 0.333. The molecule has 0 aliphatic heterocycles. The van der Waals surface area contributed by atoms with E-state index in [4.69, 9.17) is 4.74 Å². The molecular weight excluding hydrogens is 259 g/mol. The van der Waals surface area contributed by atoms with Crippen LogP contribution in [0.4, 0.5) is 4.39 Å². The SMILES string of the molecule is Oc1cc(OCc2ccc(F)cn2)nc2c1CCCC2. The van der Waals surface area contributed by atoms with Crippen LogP contribution < -0.4 is 4.74 Å². The largest absolute Gasteiger partial charge is 0.507 e.